The molecular weight excluding hydrogens is 398 g/mol. The van der Waals surface area contributed by atoms with E-state index < -0.39 is 23.2 Å². The Kier molecular flexibility index (Phi) is 7.43. The highest BCUT2D eigenvalue weighted by Gasteiger charge is 2.63. The van der Waals surface area contributed by atoms with Crippen molar-refractivity contribution in [2.75, 3.05) is 26.7 Å². The number of rotatable bonds is 5. The van der Waals surface area contributed by atoms with E-state index in [9.17, 15) is 24.9 Å². The molecule has 7 atom stereocenters. The number of Topliss-reactive ketones (excluding diaryl/α,β-unsaturated/α-hetero) is 1. The average Bonchev–Trinajstić information content (AvgIpc) is 2.97. The molecule has 0 heterocycles. The fourth-order valence-electron chi connectivity index (χ4n) is 6.41. The summed E-state index contributed by atoms with van der Waals surface area (Å²) in [5.41, 5.74) is -1.14. The molecule has 4 N–H and O–H groups in total. The van der Waals surface area contributed by atoms with Gasteiger partial charge in [0.15, 0.2) is 11.6 Å². The number of ketones is 2. The topological polar surface area (TPSA) is 118 Å². The number of aliphatic hydroxyl groups is 4. The third kappa shape index (κ3) is 4.53. The zero-order chi connectivity index (χ0) is 23.0. The van der Waals surface area contributed by atoms with Crippen molar-refractivity contribution in [2.45, 2.75) is 76.6 Å². The van der Waals surface area contributed by atoms with Crippen LogP contribution in [-0.4, -0.2) is 81.4 Å². The number of fused-ring (bicyclic) bond motifs is 3. The second-order valence-electron chi connectivity index (χ2n) is 10.4. The van der Waals surface area contributed by atoms with Crippen molar-refractivity contribution in [3.63, 3.8) is 0 Å². The minimum Gasteiger partial charge on any atom is -0.395 e. The lowest BCUT2D eigenvalue weighted by Crippen LogP contribution is -2.54. The molecule has 0 bridgehead atoms. The first-order valence-corrected chi connectivity index (χ1v) is 11.7. The number of likely N-dealkylation sites (N-methyl/N-ethyl adjacent to an activating group) is 1. The van der Waals surface area contributed by atoms with E-state index in [1.165, 1.54) is 0 Å². The molecule has 7 heteroatoms. The van der Waals surface area contributed by atoms with Crippen molar-refractivity contribution < 1.29 is 30.0 Å². The molecule has 31 heavy (non-hydrogen) atoms. The summed E-state index contributed by atoms with van der Waals surface area (Å²) in [6, 6.07) is 0. The number of carbonyl (C=O) groups excluding carboxylic acids is 2. The van der Waals surface area contributed by atoms with Crippen LogP contribution in [0.5, 0.6) is 0 Å². The second kappa shape index (κ2) is 9.40. The van der Waals surface area contributed by atoms with Gasteiger partial charge in [0.25, 0.3) is 0 Å². The van der Waals surface area contributed by atoms with Gasteiger partial charge in [-0.25, -0.2) is 0 Å². The van der Waals surface area contributed by atoms with Gasteiger partial charge in [0, 0.05) is 24.3 Å². The molecule has 0 radical (unpaired) electrons. The Morgan fingerprint density at radius 3 is 2.58 bits per heavy atom. The van der Waals surface area contributed by atoms with E-state index in [1.54, 1.807) is 18.0 Å². The zero-order valence-electron chi connectivity index (χ0n) is 19.1. The lowest BCUT2D eigenvalue weighted by molar-refractivity contribution is -0.134. The molecule has 3 aliphatic carbocycles. The van der Waals surface area contributed by atoms with Gasteiger partial charge in [0.1, 0.15) is 0 Å². The van der Waals surface area contributed by atoms with E-state index in [0.29, 0.717) is 32.2 Å². The number of hydrogen-bond donors (Lipinski definition) is 4. The Balaban J connectivity index is 1.93. The van der Waals surface area contributed by atoms with Gasteiger partial charge in [0.2, 0.25) is 0 Å². The van der Waals surface area contributed by atoms with Crippen LogP contribution in [0.3, 0.4) is 0 Å². The monoisotopic (exact) mass is 437 g/mol. The van der Waals surface area contributed by atoms with Crippen LogP contribution in [0.15, 0.2) is 11.6 Å². The van der Waals surface area contributed by atoms with Crippen molar-refractivity contribution in [3.8, 4) is 0 Å². The molecule has 0 saturated heterocycles. The molecule has 3 aliphatic rings. The number of nitrogens with zero attached hydrogens (tertiary/aromatic N) is 1. The van der Waals surface area contributed by atoms with Gasteiger partial charge >= 0.3 is 0 Å². The van der Waals surface area contributed by atoms with Crippen molar-refractivity contribution in [1.82, 2.24) is 4.90 Å². The summed E-state index contributed by atoms with van der Waals surface area (Å²) in [5.74, 6) is -0.427. The quantitative estimate of drug-likeness (QED) is 0.508. The largest absolute Gasteiger partial charge is 0.395 e. The first kappa shape index (κ1) is 24.5. The highest BCUT2D eigenvalue weighted by Crippen LogP contribution is 2.62. The fourth-order valence-corrected chi connectivity index (χ4v) is 6.41. The van der Waals surface area contributed by atoms with E-state index in [-0.39, 0.29) is 55.3 Å². The van der Waals surface area contributed by atoms with Crippen LogP contribution in [-0.2, 0) is 9.59 Å². The molecule has 176 valence electrons. The summed E-state index contributed by atoms with van der Waals surface area (Å²) in [7, 11) is 1.80. The number of hydrogen-bond acceptors (Lipinski definition) is 7. The Morgan fingerprint density at radius 1 is 1.19 bits per heavy atom. The Hall–Kier alpha value is -1.12. The van der Waals surface area contributed by atoms with Crippen LogP contribution in [0.1, 0.15) is 58.8 Å². The van der Waals surface area contributed by atoms with E-state index in [2.05, 4.69) is 0 Å². The molecule has 2 saturated carbocycles. The molecule has 0 aromatic rings. The molecule has 0 aromatic carbocycles. The highest BCUT2D eigenvalue weighted by atomic mass is 16.3. The van der Waals surface area contributed by atoms with Gasteiger partial charge in [-0.2, -0.15) is 0 Å². The van der Waals surface area contributed by atoms with Gasteiger partial charge in [-0.1, -0.05) is 13.8 Å². The van der Waals surface area contributed by atoms with Crippen LogP contribution in [0.4, 0.5) is 0 Å². The first-order valence-electron chi connectivity index (χ1n) is 11.7. The normalized spacial score (nSPS) is 41.5. The maximum absolute atomic E-state index is 13.1. The smallest absolute Gasteiger partial charge is 0.155 e. The molecule has 3 rings (SSSR count). The van der Waals surface area contributed by atoms with Crippen molar-refractivity contribution in [1.29, 1.82) is 0 Å². The lowest BCUT2D eigenvalue weighted by atomic mass is 9.55. The molecule has 0 spiro atoms. The molecule has 7 unspecified atom stereocenters. The van der Waals surface area contributed by atoms with Gasteiger partial charge in [-0.05, 0) is 69.1 Å². The van der Waals surface area contributed by atoms with Gasteiger partial charge in [-0.15, -0.1) is 0 Å². The Bertz CT molecular complexity index is 723. The minimum absolute atomic E-state index is 0.000754. The van der Waals surface area contributed by atoms with Crippen molar-refractivity contribution >= 4 is 11.6 Å². The highest BCUT2D eigenvalue weighted by molar-refractivity contribution is 5.91. The summed E-state index contributed by atoms with van der Waals surface area (Å²) in [4.78, 5) is 27.6. The van der Waals surface area contributed by atoms with Crippen LogP contribution in [0, 0.1) is 23.2 Å². The maximum atomic E-state index is 13.1. The number of allylic oxidation sites excluding steroid dienone is 1. The minimum atomic E-state index is -1.22. The summed E-state index contributed by atoms with van der Waals surface area (Å²) in [6.07, 6.45) is 2.96. The third-order valence-corrected chi connectivity index (χ3v) is 8.40. The summed E-state index contributed by atoms with van der Waals surface area (Å²) in [5, 5.41) is 41.7. The van der Waals surface area contributed by atoms with Crippen LogP contribution in [0.2, 0.25) is 0 Å². The Morgan fingerprint density at radius 2 is 1.90 bits per heavy atom. The third-order valence-electron chi connectivity index (χ3n) is 8.40. The predicted molar refractivity (Wildman–Crippen MR) is 116 cm³/mol. The van der Waals surface area contributed by atoms with Crippen molar-refractivity contribution in [3.05, 3.63) is 11.6 Å². The summed E-state index contributed by atoms with van der Waals surface area (Å²) in [6.45, 7) is 4.64. The average molecular weight is 438 g/mol. The lowest BCUT2D eigenvalue weighted by Gasteiger charge is -2.52. The second-order valence-corrected chi connectivity index (χ2v) is 10.4. The molecule has 0 aliphatic heterocycles. The summed E-state index contributed by atoms with van der Waals surface area (Å²) < 4.78 is 0. The van der Waals surface area contributed by atoms with E-state index in [0.717, 1.165) is 12.0 Å². The Labute approximate surface area is 185 Å². The molecule has 2 fully saturated rings. The van der Waals surface area contributed by atoms with Crippen LogP contribution >= 0.6 is 0 Å². The SMILES string of the molecule is CC1CC(O)C(O)CCC(=O)C=C2C1CCC1(C)C(C(=O)CN(C)CCO)CCC21O. The standard InChI is InChI=1S/C24H39NO6/c1-15-12-21(29)20(28)5-4-16(27)13-19-17(15)6-8-23(2)18(7-9-24(19,23)31)22(30)14-25(3)10-11-26/h13,15,17-18,20-21,26,28-29,31H,4-12,14H2,1-3H3. The summed E-state index contributed by atoms with van der Waals surface area (Å²) >= 11 is 0. The van der Waals surface area contributed by atoms with Gasteiger partial charge in [-0.3, -0.25) is 14.5 Å². The van der Waals surface area contributed by atoms with Gasteiger partial charge < -0.3 is 20.4 Å². The van der Waals surface area contributed by atoms with Crippen LogP contribution < -0.4 is 0 Å². The van der Waals surface area contributed by atoms with Gasteiger partial charge in [0.05, 0.1) is 31.0 Å². The molecule has 0 amide bonds. The fraction of sp³-hybridized carbons (Fsp3) is 0.833. The molecular formula is C24H39NO6. The molecule has 7 nitrogen and oxygen atoms in total. The zero-order valence-corrected chi connectivity index (χ0v) is 19.1. The maximum Gasteiger partial charge on any atom is 0.155 e. The van der Waals surface area contributed by atoms with E-state index >= 15 is 0 Å². The van der Waals surface area contributed by atoms with Crippen LogP contribution in [0.25, 0.3) is 0 Å². The number of carbonyl (C=O) groups is 2. The van der Waals surface area contributed by atoms with E-state index in [1.807, 2.05) is 13.8 Å². The first-order chi connectivity index (χ1) is 14.5. The van der Waals surface area contributed by atoms with E-state index in [4.69, 9.17) is 5.11 Å². The predicted octanol–water partition coefficient (Wildman–Crippen LogP) is 1.07. The molecule has 0 aromatic heterocycles. The number of aliphatic hydroxyl groups excluding tert-OH is 3. The van der Waals surface area contributed by atoms with Crippen molar-refractivity contribution in [2.24, 2.45) is 23.2 Å².